The molecule has 8 amide bonds. The topological polar surface area (TPSA) is 239 Å². The Morgan fingerprint density at radius 2 is 0.946 bits per heavy atom. The fraction of sp³-hybridized carbons (Fsp3) is 0.630. The average Bonchev–Trinajstić information content (AvgIpc) is 3.70. The van der Waals surface area contributed by atoms with E-state index in [0.29, 0.717) is 62.9 Å². The van der Waals surface area contributed by atoms with E-state index in [1.54, 1.807) is 61.3 Å². The van der Waals surface area contributed by atoms with Crippen LogP contribution < -0.4 is 42.5 Å². The summed E-state index contributed by atoms with van der Waals surface area (Å²) in [5.74, 6) is -2.44. The second kappa shape index (κ2) is 23.0. The number of thioether (sulfide) groups is 2. The molecular formula is C54H76N10O8S2. The highest BCUT2D eigenvalue weighted by Gasteiger charge is 2.57. The van der Waals surface area contributed by atoms with Crippen molar-refractivity contribution in [2.45, 2.75) is 152 Å². The van der Waals surface area contributed by atoms with Crippen molar-refractivity contribution in [2.75, 3.05) is 38.7 Å². The van der Waals surface area contributed by atoms with Crippen LogP contribution >= 0.6 is 23.5 Å². The second-order valence-electron chi connectivity index (χ2n) is 22.3. The summed E-state index contributed by atoms with van der Waals surface area (Å²) in [6.07, 6.45) is 4.22. The molecule has 4 heterocycles. The molecule has 402 valence electrons. The minimum atomic E-state index is -0.851. The number of benzene rings is 2. The van der Waals surface area contributed by atoms with Gasteiger partial charge in [0.1, 0.15) is 24.2 Å². The van der Waals surface area contributed by atoms with E-state index >= 15 is 0 Å². The van der Waals surface area contributed by atoms with E-state index in [2.05, 4.69) is 42.5 Å². The molecule has 2 aliphatic carbocycles. The number of hydrogen-bond donors (Lipinski definition) is 8. The van der Waals surface area contributed by atoms with Gasteiger partial charge in [0.15, 0.2) is 0 Å². The van der Waals surface area contributed by atoms with Crippen molar-refractivity contribution < 1.29 is 38.4 Å². The Balaban J connectivity index is 0.934. The Labute approximate surface area is 443 Å². The molecule has 2 aromatic rings. The van der Waals surface area contributed by atoms with Crippen molar-refractivity contribution in [1.82, 2.24) is 52.3 Å². The minimum absolute atomic E-state index is 0.108. The fourth-order valence-electron chi connectivity index (χ4n) is 12.1. The number of carbonyl (C=O) groups excluding carboxylic acids is 8. The van der Waals surface area contributed by atoms with Crippen molar-refractivity contribution in [2.24, 2.45) is 22.7 Å². The normalized spacial score (nSPS) is 29.6. The molecule has 20 heteroatoms. The number of rotatable bonds is 15. The fourth-order valence-corrected chi connectivity index (χ4v) is 15.3. The van der Waals surface area contributed by atoms with Crippen LogP contribution in [0, 0.1) is 22.7 Å². The molecule has 0 aromatic heterocycles. The zero-order valence-electron chi connectivity index (χ0n) is 44.0. The van der Waals surface area contributed by atoms with Crippen molar-refractivity contribution in [3.63, 3.8) is 0 Å². The smallest absolute Gasteiger partial charge is 0.246 e. The second-order valence-corrected chi connectivity index (χ2v) is 24.9. The molecule has 0 radical (unpaired) electrons. The maximum absolute atomic E-state index is 14.8. The summed E-state index contributed by atoms with van der Waals surface area (Å²) < 4.78 is 0. The zero-order chi connectivity index (χ0) is 53.2. The molecule has 0 unspecified atom stereocenters. The molecule has 12 atom stereocenters. The van der Waals surface area contributed by atoms with Crippen molar-refractivity contribution in [3.8, 4) is 0 Å². The van der Waals surface area contributed by atoms with Crippen LogP contribution in [0.25, 0.3) is 0 Å². The molecule has 2 aromatic carbocycles. The van der Waals surface area contributed by atoms with Crippen molar-refractivity contribution in [3.05, 3.63) is 70.8 Å². The van der Waals surface area contributed by atoms with E-state index in [0.717, 1.165) is 22.3 Å². The van der Waals surface area contributed by atoms with Crippen LogP contribution in [0.5, 0.6) is 0 Å². The summed E-state index contributed by atoms with van der Waals surface area (Å²) in [4.78, 5) is 116. The lowest BCUT2D eigenvalue weighted by Gasteiger charge is -2.38. The van der Waals surface area contributed by atoms with Crippen molar-refractivity contribution in [1.29, 1.82) is 0 Å². The summed E-state index contributed by atoms with van der Waals surface area (Å²) in [6.45, 7) is 11.6. The maximum Gasteiger partial charge on any atom is 0.246 e. The monoisotopic (exact) mass is 1060 g/mol. The largest absolute Gasteiger partial charge is 0.354 e. The number of carbonyl (C=O) groups is 8. The van der Waals surface area contributed by atoms with E-state index < -0.39 is 71.0 Å². The Morgan fingerprint density at radius 3 is 1.32 bits per heavy atom. The van der Waals surface area contributed by atoms with E-state index in [1.807, 2.05) is 76.2 Å². The number of likely N-dealkylation sites (N-methyl/N-ethyl adjacent to an activating group) is 2. The number of aryl methyl sites for hydroxylation is 2. The first-order chi connectivity index (χ1) is 35.3. The van der Waals surface area contributed by atoms with Crippen LogP contribution in [0.1, 0.15) is 114 Å². The van der Waals surface area contributed by atoms with Crippen LogP contribution in [0.15, 0.2) is 48.5 Å². The Morgan fingerprint density at radius 1 is 0.568 bits per heavy atom. The summed E-state index contributed by atoms with van der Waals surface area (Å²) >= 11 is 3.24. The third-order valence-corrected chi connectivity index (χ3v) is 18.9. The van der Waals surface area contributed by atoms with E-state index in [1.165, 1.54) is 0 Å². The molecule has 0 bridgehead atoms. The highest BCUT2D eigenvalue weighted by atomic mass is 32.2. The number of hydrogen-bond acceptors (Lipinski definition) is 12. The van der Waals surface area contributed by atoms with Gasteiger partial charge in [0.25, 0.3) is 0 Å². The Bertz CT molecular complexity index is 2320. The molecule has 8 N–H and O–H groups in total. The first kappa shape index (κ1) is 55.1. The van der Waals surface area contributed by atoms with E-state index in [9.17, 15) is 38.4 Å². The molecule has 74 heavy (non-hydrogen) atoms. The van der Waals surface area contributed by atoms with Crippen LogP contribution in [-0.4, -0.2) is 143 Å². The van der Waals surface area contributed by atoms with E-state index in [4.69, 9.17) is 0 Å². The molecule has 0 saturated carbocycles. The summed E-state index contributed by atoms with van der Waals surface area (Å²) in [6, 6.07) is 9.88. The van der Waals surface area contributed by atoms with Crippen LogP contribution in [-0.2, 0) is 51.2 Å². The van der Waals surface area contributed by atoms with Crippen molar-refractivity contribution >= 4 is 70.8 Å². The summed E-state index contributed by atoms with van der Waals surface area (Å²) in [5, 5.41) is 23.8. The lowest BCUT2D eigenvalue weighted by Crippen LogP contribution is -2.59. The van der Waals surface area contributed by atoms with Gasteiger partial charge in [-0.05, 0) is 124 Å². The molecule has 4 fully saturated rings. The van der Waals surface area contributed by atoms with Gasteiger partial charge in [-0.1, -0.05) is 76.2 Å². The lowest BCUT2D eigenvalue weighted by molar-refractivity contribution is -0.144. The third kappa shape index (κ3) is 11.3. The maximum atomic E-state index is 14.8. The molecule has 8 rings (SSSR count). The molecule has 6 aliphatic rings. The summed E-state index contributed by atoms with van der Waals surface area (Å²) in [5.41, 5.74) is 2.51. The van der Waals surface area contributed by atoms with E-state index in [-0.39, 0.29) is 71.1 Å². The summed E-state index contributed by atoms with van der Waals surface area (Å²) in [7, 11) is 3.36. The molecule has 0 spiro atoms. The molecule has 4 aliphatic heterocycles. The number of nitrogens with one attached hydrogen (secondary N) is 8. The highest BCUT2D eigenvalue weighted by molar-refractivity contribution is 8.00. The van der Waals surface area contributed by atoms with Gasteiger partial charge in [-0.15, -0.1) is 23.5 Å². The van der Waals surface area contributed by atoms with Crippen LogP contribution in [0.4, 0.5) is 0 Å². The standard InChI is InChI=1S/C54H76N10O8S2/c1-29(55-7)45(65)59-37-21-25-73-39-27-53(3,4)43(63(39)51(37)71)49(69)61-41-33-15-11-9-13-31(33)17-19-35(41)47(67)57-23-24-58-48(68)36-20-18-32-14-10-12-16-34(32)42(36)62-50(70)44-54(5,6)28-40-64(44)52(72)38(22-26-74-40)60-46(66)30(2)56-8/h9-16,29-30,35-44,55-56H,17-28H2,1-8H3,(H,57,67)(H,58,68)(H,59,65)(H,60,66)(H,61,69)(H,62,70)/t29-,30-,35+,36+,37-,38-,39-,40-,41+,42+,43+,44+/m0/s1. The molecular weight excluding hydrogens is 981 g/mol. The zero-order valence-corrected chi connectivity index (χ0v) is 45.6. The van der Waals surface area contributed by atoms with Gasteiger partial charge < -0.3 is 52.3 Å². The number of nitrogens with zero attached hydrogens (tertiary/aromatic N) is 2. The van der Waals surface area contributed by atoms with Crippen LogP contribution in [0.3, 0.4) is 0 Å². The third-order valence-electron chi connectivity index (χ3n) is 16.4. The average molecular weight is 1060 g/mol. The van der Waals surface area contributed by atoms with Gasteiger partial charge in [-0.25, -0.2) is 0 Å². The van der Waals surface area contributed by atoms with Gasteiger partial charge in [-0.2, -0.15) is 0 Å². The molecule has 4 saturated heterocycles. The van der Waals surface area contributed by atoms with Gasteiger partial charge in [0.05, 0.1) is 46.8 Å². The predicted molar refractivity (Wildman–Crippen MR) is 285 cm³/mol. The van der Waals surface area contributed by atoms with Gasteiger partial charge >= 0.3 is 0 Å². The van der Waals surface area contributed by atoms with Gasteiger partial charge in [0.2, 0.25) is 47.3 Å². The minimum Gasteiger partial charge on any atom is -0.354 e. The SMILES string of the molecule is CN[C@@H](C)C(=O)N[C@H]1CCS[C@H]2CC(C)(C)[C@@H](C(=O)N[C@@H]3c4ccccc4CC[C@H]3C(=O)NCCNC(=O)[C@@H]3CCc4ccccc4[C@H]3NC(=O)[C@H]3N4C(=O)[C@@H](NC(=O)[C@H](C)NC)CCS[C@H]4CC3(C)C)N2C1=O. The molecule has 18 nitrogen and oxygen atoms in total. The van der Waals surface area contributed by atoms with Crippen LogP contribution in [0.2, 0.25) is 0 Å². The Hall–Kier alpha value is -5.18. The number of fused-ring (bicyclic) bond motifs is 4. The van der Waals surface area contributed by atoms with Gasteiger partial charge in [-0.3, -0.25) is 38.4 Å². The first-order valence-electron chi connectivity index (χ1n) is 26.4. The highest BCUT2D eigenvalue weighted by Crippen LogP contribution is 2.49. The lowest BCUT2D eigenvalue weighted by atomic mass is 9.78. The first-order valence-corrected chi connectivity index (χ1v) is 28.5. The van der Waals surface area contributed by atoms with Gasteiger partial charge in [0, 0.05) is 13.1 Å². The quantitative estimate of drug-likeness (QED) is 0.120. The number of amides is 8. The Kier molecular flexibility index (Phi) is 17.1. The predicted octanol–water partition coefficient (Wildman–Crippen LogP) is 2.42.